The molecule has 18 heavy (non-hydrogen) atoms. The smallest absolute Gasteiger partial charge is 0.0741 e. The van der Waals surface area contributed by atoms with Crippen molar-refractivity contribution in [2.24, 2.45) is 0 Å². The van der Waals surface area contributed by atoms with E-state index in [-0.39, 0.29) is 8.80 Å². The monoisotopic (exact) mass is 249 g/mol. The van der Waals surface area contributed by atoms with Gasteiger partial charge in [0.25, 0.3) is 0 Å². The van der Waals surface area contributed by atoms with Crippen molar-refractivity contribution in [3.63, 3.8) is 0 Å². The Labute approximate surface area is 111 Å². The number of hydrogen-bond donors (Lipinski definition) is 0. The highest BCUT2D eigenvalue weighted by Gasteiger charge is 2.18. The van der Waals surface area contributed by atoms with Crippen molar-refractivity contribution >= 4 is 14.9 Å². The van der Waals surface area contributed by atoms with E-state index in [2.05, 4.69) is 67.7 Å². The topological polar surface area (TPSA) is 0 Å². The third-order valence-corrected chi connectivity index (χ3v) is 5.23. The van der Waals surface area contributed by atoms with Crippen molar-refractivity contribution in [2.45, 2.75) is 19.5 Å². The van der Waals surface area contributed by atoms with E-state index in [0.29, 0.717) is 0 Å². The van der Waals surface area contributed by atoms with Crippen molar-refractivity contribution in [1.29, 1.82) is 0 Å². The molecule has 0 spiro atoms. The SMILES string of the molecule is C[Si](C)C1=Cc2c(cccc2-c2ccccc2)C1. The fourth-order valence-corrected chi connectivity index (χ4v) is 3.54. The summed E-state index contributed by atoms with van der Waals surface area (Å²) in [6, 6.07) is 17.4. The Kier molecular flexibility index (Phi) is 2.92. The van der Waals surface area contributed by atoms with Gasteiger partial charge in [0.15, 0.2) is 0 Å². The van der Waals surface area contributed by atoms with Crippen LogP contribution in [0.15, 0.2) is 53.7 Å². The van der Waals surface area contributed by atoms with Gasteiger partial charge in [0.1, 0.15) is 0 Å². The molecule has 0 saturated carbocycles. The van der Waals surface area contributed by atoms with Crippen molar-refractivity contribution < 1.29 is 0 Å². The molecule has 89 valence electrons. The number of rotatable bonds is 2. The van der Waals surface area contributed by atoms with Gasteiger partial charge in [-0.1, -0.05) is 72.9 Å². The highest BCUT2D eigenvalue weighted by atomic mass is 28.3. The van der Waals surface area contributed by atoms with Crippen LogP contribution < -0.4 is 0 Å². The first-order valence-corrected chi connectivity index (χ1v) is 8.94. The lowest BCUT2D eigenvalue weighted by molar-refractivity contribution is 1.27. The van der Waals surface area contributed by atoms with Gasteiger partial charge in [-0.3, -0.25) is 0 Å². The summed E-state index contributed by atoms with van der Waals surface area (Å²) < 4.78 is 0. The van der Waals surface area contributed by atoms with E-state index in [4.69, 9.17) is 0 Å². The molecule has 1 aliphatic carbocycles. The number of fused-ring (bicyclic) bond motifs is 1. The van der Waals surface area contributed by atoms with Crippen molar-refractivity contribution in [3.05, 3.63) is 64.9 Å². The first kappa shape index (κ1) is 11.5. The van der Waals surface area contributed by atoms with Crippen LogP contribution >= 0.6 is 0 Å². The van der Waals surface area contributed by atoms with Crippen molar-refractivity contribution in [2.75, 3.05) is 0 Å². The van der Waals surface area contributed by atoms with Gasteiger partial charge in [0.2, 0.25) is 0 Å². The molecule has 1 radical (unpaired) electrons. The molecule has 2 aromatic rings. The zero-order valence-corrected chi connectivity index (χ0v) is 11.9. The molecule has 2 aromatic carbocycles. The normalized spacial score (nSPS) is 13.6. The lowest BCUT2D eigenvalue weighted by Crippen LogP contribution is -2.04. The maximum atomic E-state index is 2.44. The van der Waals surface area contributed by atoms with E-state index in [1.54, 1.807) is 5.20 Å². The Balaban J connectivity index is 2.12. The highest BCUT2D eigenvalue weighted by molar-refractivity contribution is 6.65. The molecule has 1 aliphatic rings. The Morgan fingerprint density at radius 3 is 2.39 bits per heavy atom. The van der Waals surface area contributed by atoms with Crippen LogP contribution in [0.4, 0.5) is 0 Å². The molecular weight excluding hydrogens is 232 g/mol. The van der Waals surface area contributed by atoms with Crippen LogP contribution in [0.2, 0.25) is 13.1 Å². The minimum Gasteiger partial charge on any atom is -0.0782 e. The Morgan fingerprint density at radius 2 is 1.67 bits per heavy atom. The molecule has 0 amide bonds. The lowest BCUT2D eigenvalue weighted by Gasteiger charge is -2.07. The zero-order valence-electron chi connectivity index (χ0n) is 10.9. The molecule has 0 bridgehead atoms. The number of hydrogen-bond acceptors (Lipinski definition) is 0. The largest absolute Gasteiger partial charge is 0.0782 e. The van der Waals surface area contributed by atoms with Crippen LogP contribution in [0.25, 0.3) is 17.2 Å². The maximum Gasteiger partial charge on any atom is 0.0741 e. The average Bonchev–Trinajstić information content (AvgIpc) is 2.83. The lowest BCUT2D eigenvalue weighted by atomic mass is 9.97. The van der Waals surface area contributed by atoms with E-state index in [1.165, 1.54) is 22.3 Å². The summed E-state index contributed by atoms with van der Waals surface area (Å²) >= 11 is 0. The average molecular weight is 249 g/mol. The summed E-state index contributed by atoms with van der Waals surface area (Å²) in [5.41, 5.74) is 5.65. The van der Waals surface area contributed by atoms with E-state index >= 15 is 0 Å². The third kappa shape index (κ3) is 1.95. The molecule has 3 rings (SSSR count). The van der Waals surface area contributed by atoms with Gasteiger partial charge >= 0.3 is 0 Å². The zero-order chi connectivity index (χ0) is 12.5. The fraction of sp³-hybridized carbons (Fsp3) is 0.176. The molecule has 0 aliphatic heterocycles. The summed E-state index contributed by atoms with van der Waals surface area (Å²) in [5.74, 6) is 0. The molecular formula is C17H17Si. The summed E-state index contributed by atoms with van der Waals surface area (Å²) in [6.45, 7) is 4.76. The van der Waals surface area contributed by atoms with Crippen LogP contribution in [0.5, 0.6) is 0 Å². The van der Waals surface area contributed by atoms with Gasteiger partial charge in [-0.2, -0.15) is 0 Å². The molecule has 0 unspecified atom stereocenters. The summed E-state index contributed by atoms with van der Waals surface area (Å²) in [6.07, 6.45) is 3.60. The van der Waals surface area contributed by atoms with Crippen LogP contribution in [0.3, 0.4) is 0 Å². The van der Waals surface area contributed by atoms with E-state index in [1.807, 2.05) is 0 Å². The Morgan fingerprint density at radius 1 is 0.889 bits per heavy atom. The van der Waals surface area contributed by atoms with Crippen LogP contribution in [0.1, 0.15) is 11.1 Å². The molecule has 1 heteroatoms. The van der Waals surface area contributed by atoms with Gasteiger partial charge in [-0.05, 0) is 28.7 Å². The first-order chi connectivity index (χ1) is 8.75. The molecule has 0 fully saturated rings. The quantitative estimate of drug-likeness (QED) is 0.683. The molecule has 0 saturated heterocycles. The van der Waals surface area contributed by atoms with Gasteiger partial charge in [0.05, 0.1) is 8.80 Å². The van der Waals surface area contributed by atoms with Gasteiger partial charge in [-0.15, -0.1) is 0 Å². The molecule has 0 aromatic heterocycles. The summed E-state index contributed by atoms with van der Waals surface area (Å²) in [4.78, 5) is 0. The second-order valence-electron chi connectivity index (χ2n) is 5.09. The molecule has 0 heterocycles. The van der Waals surface area contributed by atoms with Gasteiger partial charge in [-0.25, -0.2) is 0 Å². The minimum absolute atomic E-state index is 0.316. The highest BCUT2D eigenvalue weighted by Crippen LogP contribution is 2.34. The minimum atomic E-state index is -0.316. The Bertz CT molecular complexity index is 594. The van der Waals surface area contributed by atoms with Crippen LogP contribution in [-0.4, -0.2) is 8.80 Å². The first-order valence-electron chi connectivity index (χ1n) is 6.44. The number of allylic oxidation sites excluding steroid dienone is 1. The fourth-order valence-electron chi connectivity index (χ4n) is 2.56. The van der Waals surface area contributed by atoms with Gasteiger partial charge in [0, 0.05) is 0 Å². The van der Waals surface area contributed by atoms with Crippen molar-refractivity contribution in [1.82, 2.24) is 0 Å². The maximum absolute atomic E-state index is 2.44. The van der Waals surface area contributed by atoms with Crippen molar-refractivity contribution in [3.8, 4) is 11.1 Å². The van der Waals surface area contributed by atoms with Gasteiger partial charge < -0.3 is 0 Å². The molecule has 0 atom stereocenters. The Hall–Kier alpha value is -1.60. The molecule has 0 N–H and O–H groups in total. The van der Waals surface area contributed by atoms with E-state index in [0.717, 1.165) is 6.42 Å². The predicted octanol–water partition coefficient (Wildman–Crippen LogP) is 4.59. The van der Waals surface area contributed by atoms with Crippen LogP contribution in [-0.2, 0) is 6.42 Å². The number of benzene rings is 2. The second-order valence-corrected chi connectivity index (χ2v) is 7.73. The summed E-state index contributed by atoms with van der Waals surface area (Å²) in [7, 11) is -0.316. The third-order valence-electron chi connectivity index (χ3n) is 3.62. The molecule has 0 nitrogen and oxygen atoms in total. The standard InChI is InChI=1S/C17H17Si/c1-18(2)15-11-14-9-6-10-16(17(14)12-15)13-7-4-3-5-8-13/h3-10,12H,11H2,1-2H3. The van der Waals surface area contributed by atoms with Crippen LogP contribution in [0, 0.1) is 0 Å². The second kappa shape index (κ2) is 4.58. The van der Waals surface area contributed by atoms with E-state index in [9.17, 15) is 0 Å². The predicted molar refractivity (Wildman–Crippen MR) is 81.0 cm³/mol. The summed E-state index contributed by atoms with van der Waals surface area (Å²) in [5, 5.41) is 1.65. The van der Waals surface area contributed by atoms with E-state index < -0.39 is 0 Å².